The summed E-state index contributed by atoms with van der Waals surface area (Å²) in [5.41, 5.74) is 2.05. The van der Waals surface area contributed by atoms with Gasteiger partial charge in [-0.2, -0.15) is 0 Å². The molecule has 0 fully saturated rings. The molecular formula is C14H16N4O3S. The van der Waals surface area contributed by atoms with Gasteiger partial charge < -0.3 is 10.6 Å². The van der Waals surface area contributed by atoms with E-state index in [9.17, 15) is 13.2 Å². The van der Waals surface area contributed by atoms with Gasteiger partial charge in [0.1, 0.15) is 0 Å². The van der Waals surface area contributed by atoms with E-state index in [1.165, 1.54) is 0 Å². The van der Waals surface area contributed by atoms with Crippen molar-refractivity contribution in [3.8, 4) is 0 Å². The van der Waals surface area contributed by atoms with Crippen LogP contribution in [0.4, 0.5) is 10.5 Å². The van der Waals surface area contributed by atoms with Crippen molar-refractivity contribution >= 4 is 21.7 Å². The average molecular weight is 320 g/mol. The molecule has 0 aliphatic carbocycles. The molecule has 0 bridgehead atoms. The number of carbonyl (C=O) groups excluding carboxylic acids is 1. The number of nitrogens with two attached hydrogens (primary N) is 1. The molecule has 2 aromatic rings. The van der Waals surface area contributed by atoms with Crippen LogP contribution in [0.25, 0.3) is 0 Å². The molecule has 116 valence electrons. The maximum absolute atomic E-state index is 11.7. The summed E-state index contributed by atoms with van der Waals surface area (Å²) in [6, 6.07) is 9.92. The van der Waals surface area contributed by atoms with Crippen LogP contribution < -0.4 is 15.8 Å². The number of sulfonamides is 1. The minimum atomic E-state index is -3.54. The molecule has 0 saturated carbocycles. The Morgan fingerprint density at radius 2 is 1.82 bits per heavy atom. The number of nitrogens with one attached hydrogen (secondary N) is 2. The second kappa shape index (κ2) is 7.01. The number of nitrogens with zero attached hydrogens (tertiary/aromatic N) is 1. The summed E-state index contributed by atoms with van der Waals surface area (Å²) in [5, 5.41) is 10.3. The molecule has 0 spiro atoms. The van der Waals surface area contributed by atoms with Crippen LogP contribution in [0.2, 0.25) is 0 Å². The number of carbonyl (C=O) groups is 1. The first-order chi connectivity index (χ1) is 10.4. The number of rotatable bonds is 5. The molecule has 0 radical (unpaired) electrons. The summed E-state index contributed by atoms with van der Waals surface area (Å²) < 4.78 is 22.0. The number of urea groups is 1. The van der Waals surface area contributed by atoms with E-state index in [-0.39, 0.29) is 11.8 Å². The van der Waals surface area contributed by atoms with Crippen molar-refractivity contribution in [3.05, 3.63) is 59.9 Å². The lowest BCUT2D eigenvalue weighted by molar-refractivity contribution is 0.251. The average Bonchev–Trinajstić information content (AvgIpc) is 2.46. The van der Waals surface area contributed by atoms with E-state index in [1.54, 1.807) is 48.8 Å². The maximum Gasteiger partial charge on any atom is 0.319 e. The van der Waals surface area contributed by atoms with E-state index in [0.29, 0.717) is 17.8 Å². The Morgan fingerprint density at radius 1 is 1.14 bits per heavy atom. The number of amides is 2. The van der Waals surface area contributed by atoms with Gasteiger partial charge in [-0.05, 0) is 23.3 Å². The molecule has 1 heterocycles. The highest BCUT2D eigenvalue weighted by Crippen LogP contribution is 2.07. The van der Waals surface area contributed by atoms with Gasteiger partial charge in [-0.1, -0.05) is 24.3 Å². The number of hydrogen-bond acceptors (Lipinski definition) is 4. The van der Waals surface area contributed by atoms with E-state index < -0.39 is 10.0 Å². The molecule has 0 aliphatic heterocycles. The van der Waals surface area contributed by atoms with Crippen LogP contribution in [-0.4, -0.2) is 19.4 Å². The number of aromatic nitrogens is 1. The van der Waals surface area contributed by atoms with Gasteiger partial charge in [0.15, 0.2) is 0 Å². The maximum atomic E-state index is 11.7. The van der Waals surface area contributed by atoms with Crippen LogP contribution >= 0.6 is 0 Å². The SMILES string of the molecule is NS(=O)(=O)Cc1ccc(CNC(=O)Nc2cccnc2)cc1. The number of pyridine rings is 1. The fraction of sp³-hybridized carbons (Fsp3) is 0.143. The predicted molar refractivity (Wildman–Crippen MR) is 83.3 cm³/mol. The van der Waals surface area contributed by atoms with Crippen molar-refractivity contribution in [2.45, 2.75) is 12.3 Å². The molecule has 22 heavy (non-hydrogen) atoms. The fourth-order valence-corrected chi connectivity index (χ4v) is 2.44. The Hall–Kier alpha value is -2.45. The van der Waals surface area contributed by atoms with E-state index >= 15 is 0 Å². The molecule has 2 amide bonds. The monoisotopic (exact) mass is 320 g/mol. The van der Waals surface area contributed by atoms with Crippen LogP contribution in [0.15, 0.2) is 48.8 Å². The molecule has 4 N–H and O–H groups in total. The highest BCUT2D eigenvalue weighted by atomic mass is 32.2. The lowest BCUT2D eigenvalue weighted by atomic mass is 10.1. The standard InChI is InChI=1S/C14H16N4O3S/c15-22(20,21)10-12-5-3-11(4-6-12)8-17-14(19)18-13-2-1-7-16-9-13/h1-7,9H,8,10H2,(H2,15,20,21)(H2,17,18,19). The molecule has 0 atom stereocenters. The van der Waals surface area contributed by atoms with E-state index in [2.05, 4.69) is 15.6 Å². The van der Waals surface area contributed by atoms with Gasteiger partial charge in [0, 0.05) is 12.7 Å². The number of anilines is 1. The van der Waals surface area contributed by atoms with Crippen molar-refractivity contribution in [1.82, 2.24) is 10.3 Å². The molecule has 0 unspecified atom stereocenters. The van der Waals surface area contributed by atoms with Crippen molar-refractivity contribution < 1.29 is 13.2 Å². The van der Waals surface area contributed by atoms with Gasteiger partial charge in [0.05, 0.1) is 17.6 Å². The third-order valence-corrected chi connectivity index (χ3v) is 3.50. The zero-order valence-electron chi connectivity index (χ0n) is 11.7. The third-order valence-electron chi connectivity index (χ3n) is 2.76. The fourth-order valence-electron chi connectivity index (χ4n) is 1.78. The zero-order valence-corrected chi connectivity index (χ0v) is 12.5. The summed E-state index contributed by atoms with van der Waals surface area (Å²) in [7, 11) is -3.54. The molecule has 7 nitrogen and oxygen atoms in total. The van der Waals surface area contributed by atoms with E-state index in [0.717, 1.165) is 5.56 Å². The van der Waals surface area contributed by atoms with Gasteiger partial charge in [-0.15, -0.1) is 0 Å². The molecule has 1 aromatic carbocycles. The van der Waals surface area contributed by atoms with E-state index in [1.807, 2.05) is 0 Å². The predicted octanol–water partition coefficient (Wildman–Crippen LogP) is 1.19. The first-order valence-electron chi connectivity index (χ1n) is 6.45. The lowest BCUT2D eigenvalue weighted by Crippen LogP contribution is -2.28. The normalized spacial score (nSPS) is 11.0. The smallest absolute Gasteiger partial charge is 0.319 e. The third kappa shape index (κ3) is 5.51. The lowest BCUT2D eigenvalue weighted by Gasteiger charge is -2.08. The summed E-state index contributed by atoms with van der Waals surface area (Å²) >= 11 is 0. The minimum Gasteiger partial charge on any atom is -0.334 e. The Bertz CT molecular complexity index is 730. The topological polar surface area (TPSA) is 114 Å². The minimum absolute atomic E-state index is 0.206. The quantitative estimate of drug-likeness (QED) is 0.767. The second-order valence-corrected chi connectivity index (χ2v) is 6.29. The number of benzene rings is 1. The van der Waals surface area contributed by atoms with Crippen LogP contribution in [0.5, 0.6) is 0 Å². The molecule has 8 heteroatoms. The summed E-state index contributed by atoms with van der Waals surface area (Å²) in [6.07, 6.45) is 3.16. The van der Waals surface area contributed by atoms with Gasteiger partial charge in [0.2, 0.25) is 10.0 Å². The molecule has 0 aliphatic rings. The first kappa shape index (κ1) is 15.9. The Labute approximate surface area is 128 Å². The molecule has 0 saturated heterocycles. The van der Waals surface area contributed by atoms with Crippen LogP contribution in [-0.2, 0) is 22.3 Å². The van der Waals surface area contributed by atoms with Crippen LogP contribution in [0.3, 0.4) is 0 Å². The Morgan fingerprint density at radius 3 is 2.41 bits per heavy atom. The van der Waals surface area contributed by atoms with Gasteiger partial charge >= 0.3 is 6.03 Å². The van der Waals surface area contributed by atoms with Crippen molar-refractivity contribution in [1.29, 1.82) is 0 Å². The van der Waals surface area contributed by atoms with Crippen molar-refractivity contribution in [2.24, 2.45) is 5.14 Å². The number of hydrogen-bond donors (Lipinski definition) is 3. The molecular weight excluding hydrogens is 304 g/mol. The van der Waals surface area contributed by atoms with Crippen LogP contribution in [0, 0.1) is 0 Å². The second-order valence-electron chi connectivity index (χ2n) is 4.67. The van der Waals surface area contributed by atoms with Gasteiger partial charge in [-0.3, -0.25) is 4.98 Å². The molecule has 1 aromatic heterocycles. The van der Waals surface area contributed by atoms with Crippen molar-refractivity contribution in [3.63, 3.8) is 0 Å². The summed E-state index contributed by atoms with van der Waals surface area (Å²) in [6.45, 7) is 0.321. The van der Waals surface area contributed by atoms with Gasteiger partial charge in [-0.25, -0.2) is 18.4 Å². The number of primary sulfonamides is 1. The largest absolute Gasteiger partial charge is 0.334 e. The van der Waals surface area contributed by atoms with E-state index in [4.69, 9.17) is 5.14 Å². The summed E-state index contributed by atoms with van der Waals surface area (Å²) in [5.74, 6) is -0.206. The highest BCUT2D eigenvalue weighted by molar-refractivity contribution is 7.88. The van der Waals surface area contributed by atoms with Crippen LogP contribution in [0.1, 0.15) is 11.1 Å². The molecule has 2 rings (SSSR count). The highest BCUT2D eigenvalue weighted by Gasteiger charge is 2.05. The first-order valence-corrected chi connectivity index (χ1v) is 8.17. The van der Waals surface area contributed by atoms with Gasteiger partial charge in [0.25, 0.3) is 0 Å². The zero-order chi connectivity index (χ0) is 16.0. The Kier molecular flexibility index (Phi) is 5.08. The van der Waals surface area contributed by atoms with Crippen molar-refractivity contribution in [2.75, 3.05) is 5.32 Å². The summed E-state index contributed by atoms with van der Waals surface area (Å²) in [4.78, 5) is 15.6. The Balaban J connectivity index is 1.85.